The van der Waals surface area contributed by atoms with Crippen molar-refractivity contribution >= 4 is 21.6 Å². The molecule has 0 bridgehead atoms. The first-order valence-electron chi connectivity index (χ1n) is 5.46. The van der Waals surface area contributed by atoms with Crippen molar-refractivity contribution in [1.29, 1.82) is 0 Å². The summed E-state index contributed by atoms with van der Waals surface area (Å²) in [6.45, 7) is 2.54. The minimum atomic E-state index is -0.00120. The molecular formula is C13H15BrN2O. The van der Waals surface area contributed by atoms with E-state index in [0.717, 1.165) is 15.9 Å². The molecule has 0 spiro atoms. The van der Waals surface area contributed by atoms with E-state index in [4.69, 9.17) is 10.2 Å². The molecule has 1 aromatic carbocycles. The van der Waals surface area contributed by atoms with Gasteiger partial charge in [0.25, 0.3) is 0 Å². The average molecular weight is 295 g/mol. The molecule has 2 rings (SSSR count). The van der Waals surface area contributed by atoms with Crippen LogP contribution in [0.4, 0.5) is 5.69 Å². The van der Waals surface area contributed by atoms with Crippen molar-refractivity contribution in [3.8, 4) is 0 Å². The number of nitrogens with one attached hydrogen (secondary N) is 1. The number of aryl methyl sites for hydroxylation is 1. The van der Waals surface area contributed by atoms with Crippen molar-refractivity contribution in [2.75, 3.05) is 11.9 Å². The maximum atomic E-state index is 5.75. The maximum absolute atomic E-state index is 5.75. The summed E-state index contributed by atoms with van der Waals surface area (Å²) in [5.74, 6) is 0.852. The van der Waals surface area contributed by atoms with Crippen LogP contribution in [0.15, 0.2) is 45.5 Å². The summed E-state index contributed by atoms with van der Waals surface area (Å²) >= 11 is 3.48. The molecule has 0 saturated heterocycles. The van der Waals surface area contributed by atoms with Gasteiger partial charge in [0, 0.05) is 16.7 Å². The second-order valence-electron chi connectivity index (χ2n) is 3.97. The molecule has 1 aromatic heterocycles. The zero-order valence-corrected chi connectivity index (χ0v) is 11.2. The van der Waals surface area contributed by atoms with E-state index >= 15 is 0 Å². The Balaban J connectivity index is 2.18. The van der Waals surface area contributed by atoms with Gasteiger partial charge in [-0.2, -0.15) is 0 Å². The molecule has 0 saturated carbocycles. The second kappa shape index (κ2) is 5.38. The van der Waals surface area contributed by atoms with Gasteiger partial charge >= 0.3 is 0 Å². The van der Waals surface area contributed by atoms with Gasteiger partial charge in [0.05, 0.1) is 12.3 Å². The zero-order valence-electron chi connectivity index (χ0n) is 9.61. The third kappa shape index (κ3) is 3.11. The van der Waals surface area contributed by atoms with E-state index in [2.05, 4.69) is 40.3 Å². The fraction of sp³-hybridized carbons (Fsp3) is 0.231. The van der Waals surface area contributed by atoms with E-state index in [1.54, 1.807) is 6.26 Å². The third-order valence-electron chi connectivity index (χ3n) is 2.51. The standard InChI is InChI=1S/C13H15BrN2O/c1-9-5-10(14)7-11(6-9)16-12(8-15)13-3-2-4-17-13/h2-7,12,16H,8,15H2,1H3. The zero-order chi connectivity index (χ0) is 12.3. The van der Waals surface area contributed by atoms with Gasteiger partial charge in [-0.25, -0.2) is 0 Å². The van der Waals surface area contributed by atoms with Crippen LogP contribution in [0.25, 0.3) is 0 Å². The van der Waals surface area contributed by atoms with Gasteiger partial charge in [0.15, 0.2) is 0 Å². The van der Waals surface area contributed by atoms with E-state index in [1.165, 1.54) is 5.56 Å². The molecule has 1 unspecified atom stereocenters. The number of anilines is 1. The lowest BCUT2D eigenvalue weighted by molar-refractivity contribution is 0.481. The van der Waals surface area contributed by atoms with Crippen molar-refractivity contribution in [3.63, 3.8) is 0 Å². The Bertz CT molecular complexity index is 462. The van der Waals surface area contributed by atoms with Gasteiger partial charge in [-0.15, -0.1) is 0 Å². The smallest absolute Gasteiger partial charge is 0.127 e. The van der Waals surface area contributed by atoms with Gasteiger partial charge < -0.3 is 15.5 Å². The fourth-order valence-electron chi connectivity index (χ4n) is 1.76. The highest BCUT2D eigenvalue weighted by Gasteiger charge is 2.12. The Hall–Kier alpha value is -1.26. The number of hydrogen-bond donors (Lipinski definition) is 2. The minimum Gasteiger partial charge on any atom is -0.467 e. The Morgan fingerprint density at radius 2 is 2.24 bits per heavy atom. The predicted molar refractivity (Wildman–Crippen MR) is 73.0 cm³/mol. The normalized spacial score (nSPS) is 12.4. The van der Waals surface area contributed by atoms with Crippen molar-refractivity contribution in [1.82, 2.24) is 0 Å². The Labute approximate surface area is 109 Å². The van der Waals surface area contributed by atoms with Crippen LogP contribution in [-0.4, -0.2) is 6.54 Å². The summed E-state index contributed by atoms with van der Waals surface area (Å²) < 4.78 is 6.42. The topological polar surface area (TPSA) is 51.2 Å². The summed E-state index contributed by atoms with van der Waals surface area (Å²) in [7, 11) is 0. The molecule has 0 amide bonds. The van der Waals surface area contributed by atoms with Crippen LogP contribution in [-0.2, 0) is 0 Å². The van der Waals surface area contributed by atoms with E-state index < -0.39 is 0 Å². The molecule has 3 N–H and O–H groups in total. The van der Waals surface area contributed by atoms with E-state index in [1.807, 2.05) is 18.2 Å². The highest BCUT2D eigenvalue weighted by molar-refractivity contribution is 9.10. The highest BCUT2D eigenvalue weighted by atomic mass is 79.9. The second-order valence-corrected chi connectivity index (χ2v) is 4.88. The molecule has 3 nitrogen and oxygen atoms in total. The minimum absolute atomic E-state index is 0.00120. The van der Waals surface area contributed by atoms with E-state index in [9.17, 15) is 0 Å². The number of rotatable bonds is 4. The Morgan fingerprint density at radius 3 is 2.82 bits per heavy atom. The van der Waals surface area contributed by atoms with Gasteiger partial charge in [0.2, 0.25) is 0 Å². The largest absolute Gasteiger partial charge is 0.467 e. The molecule has 0 aliphatic heterocycles. The van der Waals surface area contributed by atoms with E-state index in [0.29, 0.717) is 6.54 Å². The first-order chi connectivity index (χ1) is 8.19. The molecule has 0 aliphatic carbocycles. The van der Waals surface area contributed by atoms with Crippen LogP contribution in [0.2, 0.25) is 0 Å². The molecular weight excluding hydrogens is 280 g/mol. The lowest BCUT2D eigenvalue weighted by Gasteiger charge is -2.16. The number of halogens is 1. The van der Waals surface area contributed by atoms with Crippen LogP contribution in [0.1, 0.15) is 17.4 Å². The van der Waals surface area contributed by atoms with Gasteiger partial charge in [0.1, 0.15) is 5.76 Å². The third-order valence-corrected chi connectivity index (χ3v) is 2.96. The number of nitrogens with two attached hydrogens (primary N) is 1. The summed E-state index contributed by atoms with van der Waals surface area (Å²) in [5.41, 5.74) is 7.98. The highest BCUT2D eigenvalue weighted by Crippen LogP contribution is 2.23. The number of hydrogen-bond acceptors (Lipinski definition) is 3. The Morgan fingerprint density at radius 1 is 1.41 bits per heavy atom. The molecule has 0 aliphatic rings. The number of furan rings is 1. The van der Waals surface area contributed by atoms with Gasteiger partial charge in [-0.05, 0) is 42.8 Å². The lowest BCUT2D eigenvalue weighted by atomic mass is 10.2. The molecule has 2 aromatic rings. The van der Waals surface area contributed by atoms with Crippen molar-refractivity contribution in [3.05, 3.63) is 52.4 Å². The summed E-state index contributed by atoms with van der Waals surface area (Å²) in [6, 6.07) is 9.96. The van der Waals surface area contributed by atoms with Crippen LogP contribution < -0.4 is 11.1 Å². The van der Waals surface area contributed by atoms with Crippen molar-refractivity contribution in [2.24, 2.45) is 5.73 Å². The maximum Gasteiger partial charge on any atom is 0.127 e. The summed E-state index contributed by atoms with van der Waals surface area (Å²) in [6.07, 6.45) is 1.66. The molecule has 17 heavy (non-hydrogen) atoms. The average Bonchev–Trinajstić information content (AvgIpc) is 2.77. The number of benzene rings is 1. The fourth-order valence-corrected chi connectivity index (χ4v) is 2.36. The molecule has 1 heterocycles. The van der Waals surface area contributed by atoms with Crippen molar-refractivity contribution in [2.45, 2.75) is 13.0 Å². The first-order valence-corrected chi connectivity index (χ1v) is 6.25. The molecule has 4 heteroatoms. The lowest BCUT2D eigenvalue weighted by Crippen LogP contribution is -2.20. The Kier molecular flexibility index (Phi) is 3.86. The van der Waals surface area contributed by atoms with Crippen LogP contribution >= 0.6 is 15.9 Å². The first kappa shape index (κ1) is 12.2. The molecule has 0 fully saturated rings. The molecule has 90 valence electrons. The molecule has 1 atom stereocenters. The predicted octanol–water partition coefficient (Wildman–Crippen LogP) is 3.46. The van der Waals surface area contributed by atoms with E-state index in [-0.39, 0.29) is 6.04 Å². The quantitative estimate of drug-likeness (QED) is 0.908. The monoisotopic (exact) mass is 294 g/mol. The van der Waals surface area contributed by atoms with Gasteiger partial charge in [-0.1, -0.05) is 15.9 Å². The summed E-state index contributed by atoms with van der Waals surface area (Å²) in [4.78, 5) is 0. The van der Waals surface area contributed by atoms with Crippen LogP contribution in [0, 0.1) is 6.92 Å². The van der Waals surface area contributed by atoms with Crippen LogP contribution in [0.5, 0.6) is 0 Å². The van der Waals surface area contributed by atoms with Crippen LogP contribution in [0.3, 0.4) is 0 Å². The SMILES string of the molecule is Cc1cc(Br)cc(NC(CN)c2ccco2)c1. The van der Waals surface area contributed by atoms with Gasteiger partial charge in [-0.3, -0.25) is 0 Å². The summed E-state index contributed by atoms with van der Waals surface area (Å²) in [5, 5.41) is 3.36. The molecule has 0 radical (unpaired) electrons. The van der Waals surface area contributed by atoms with Crippen molar-refractivity contribution < 1.29 is 4.42 Å².